The molecule has 3 heterocycles. The molecule has 0 atom stereocenters. The number of benzene rings is 2. The highest BCUT2D eigenvalue weighted by molar-refractivity contribution is 7.18. The van der Waals surface area contributed by atoms with Gasteiger partial charge in [-0.2, -0.15) is 0 Å². The van der Waals surface area contributed by atoms with E-state index in [4.69, 9.17) is 9.40 Å². The molecule has 5 nitrogen and oxygen atoms in total. The number of amides is 1. The summed E-state index contributed by atoms with van der Waals surface area (Å²) in [5.74, 6) is 1.02. The minimum absolute atomic E-state index is 0.133. The maximum absolute atomic E-state index is 13.9. The van der Waals surface area contributed by atoms with Crippen LogP contribution in [-0.2, 0) is 17.8 Å². The average Bonchev–Trinajstić information content (AvgIpc) is 3.45. The summed E-state index contributed by atoms with van der Waals surface area (Å²) in [6.07, 6.45) is 0.904. The molecule has 1 aliphatic rings. The van der Waals surface area contributed by atoms with Crippen LogP contribution in [0.3, 0.4) is 0 Å². The Kier molecular flexibility index (Phi) is 6.01. The van der Waals surface area contributed by atoms with E-state index in [1.807, 2.05) is 29.2 Å². The molecule has 0 unspecified atom stereocenters. The van der Waals surface area contributed by atoms with Gasteiger partial charge in [-0.3, -0.25) is 9.69 Å². The van der Waals surface area contributed by atoms with Crippen molar-refractivity contribution in [1.82, 2.24) is 14.8 Å². The Labute approximate surface area is 190 Å². The van der Waals surface area contributed by atoms with Gasteiger partial charge >= 0.3 is 0 Å². The number of rotatable bonds is 6. The molecule has 0 radical (unpaired) electrons. The van der Waals surface area contributed by atoms with Crippen LogP contribution >= 0.6 is 11.3 Å². The van der Waals surface area contributed by atoms with Crippen LogP contribution in [0.2, 0.25) is 0 Å². The van der Waals surface area contributed by atoms with Gasteiger partial charge in [-0.25, -0.2) is 9.37 Å². The molecule has 1 fully saturated rings. The van der Waals surface area contributed by atoms with Crippen LogP contribution in [0.15, 0.2) is 65.1 Å². The third kappa shape index (κ3) is 4.59. The molecule has 2 aromatic carbocycles. The third-order valence-corrected chi connectivity index (χ3v) is 6.83. The van der Waals surface area contributed by atoms with E-state index in [0.29, 0.717) is 29.9 Å². The van der Waals surface area contributed by atoms with E-state index in [-0.39, 0.29) is 11.7 Å². The summed E-state index contributed by atoms with van der Waals surface area (Å²) >= 11 is 1.74. The van der Waals surface area contributed by atoms with Crippen molar-refractivity contribution in [3.63, 3.8) is 0 Å². The number of para-hydroxylation sites is 1. The second kappa shape index (κ2) is 9.22. The predicted octanol–water partition coefficient (Wildman–Crippen LogP) is 4.97. The number of nitrogens with zero attached hydrogens (tertiary/aromatic N) is 3. The molecule has 7 heteroatoms. The number of halogens is 1. The number of hydrogen-bond donors (Lipinski definition) is 0. The monoisotopic (exact) mass is 449 g/mol. The van der Waals surface area contributed by atoms with Crippen molar-refractivity contribution in [2.75, 3.05) is 26.2 Å². The first-order valence-corrected chi connectivity index (χ1v) is 11.7. The number of aryl methyl sites for hydroxylation is 1. The second-order valence-corrected chi connectivity index (χ2v) is 9.09. The first kappa shape index (κ1) is 20.8. The van der Waals surface area contributed by atoms with E-state index in [1.165, 1.54) is 10.8 Å². The topological polar surface area (TPSA) is 49.6 Å². The second-order valence-electron chi connectivity index (χ2n) is 7.98. The van der Waals surface area contributed by atoms with Gasteiger partial charge in [0, 0.05) is 39.0 Å². The molecule has 164 valence electrons. The van der Waals surface area contributed by atoms with Gasteiger partial charge in [0.2, 0.25) is 5.91 Å². The Morgan fingerprint density at radius 1 is 1.00 bits per heavy atom. The average molecular weight is 450 g/mol. The molecule has 1 amide bonds. The van der Waals surface area contributed by atoms with Crippen LogP contribution in [0.25, 0.3) is 21.5 Å². The van der Waals surface area contributed by atoms with Gasteiger partial charge in [0.1, 0.15) is 22.3 Å². The van der Waals surface area contributed by atoms with Crippen LogP contribution in [0.5, 0.6) is 0 Å². The normalized spacial score (nSPS) is 14.8. The van der Waals surface area contributed by atoms with Gasteiger partial charge in [-0.15, -0.1) is 11.3 Å². The van der Waals surface area contributed by atoms with Gasteiger partial charge in [-0.05, 0) is 36.4 Å². The van der Waals surface area contributed by atoms with Gasteiger partial charge in [0.15, 0.2) is 0 Å². The Morgan fingerprint density at radius 3 is 2.59 bits per heavy atom. The summed E-state index contributed by atoms with van der Waals surface area (Å²) in [6.45, 7) is 3.97. The van der Waals surface area contributed by atoms with Crippen molar-refractivity contribution in [1.29, 1.82) is 0 Å². The van der Waals surface area contributed by atoms with Crippen molar-refractivity contribution in [2.24, 2.45) is 0 Å². The van der Waals surface area contributed by atoms with Crippen LogP contribution < -0.4 is 0 Å². The number of fused-ring (bicyclic) bond motifs is 1. The lowest BCUT2D eigenvalue weighted by molar-refractivity contribution is -0.133. The lowest BCUT2D eigenvalue weighted by Gasteiger charge is -2.34. The summed E-state index contributed by atoms with van der Waals surface area (Å²) in [5, 5.41) is 1.12. The minimum Gasteiger partial charge on any atom is -0.461 e. The number of furan rings is 1. The number of aromatic nitrogens is 1. The highest BCUT2D eigenvalue weighted by atomic mass is 32.1. The Bertz CT molecular complexity index is 1190. The molecule has 4 aromatic rings. The highest BCUT2D eigenvalue weighted by Gasteiger charge is 2.22. The molecule has 5 rings (SSSR count). The van der Waals surface area contributed by atoms with Crippen LogP contribution in [0, 0.1) is 5.82 Å². The minimum atomic E-state index is -0.312. The molecular weight excluding hydrogens is 425 g/mol. The Balaban J connectivity index is 1.11. The van der Waals surface area contributed by atoms with Crippen molar-refractivity contribution in [3.8, 4) is 11.3 Å². The number of carbonyl (C=O) groups excluding carboxylic acids is 1. The molecule has 0 aliphatic carbocycles. The third-order valence-electron chi connectivity index (χ3n) is 5.81. The smallest absolute Gasteiger partial charge is 0.223 e. The number of hydrogen-bond acceptors (Lipinski definition) is 5. The van der Waals surface area contributed by atoms with Gasteiger partial charge in [0.25, 0.3) is 0 Å². The first-order chi connectivity index (χ1) is 15.7. The zero-order chi connectivity index (χ0) is 21.9. The lowest BCUT2D eigenvalue weighted by atomic mass is 10.1. The largest absolute Gasteiger partial charge is 0.461 e. The van der Waals surface area contributed by atoms with Crippen molar-refractivity contribution < 1.29 is 13.6 Å². The van der Waals surface area contributed by atoms with E-state index in [9.17, 15) is 9.18 Å². The number of piperazine rings is 1. The maximum Gasteiger partial charge on any atom is 0.223 e. The summed E-state index contributed by atoms with van der Waals surface area (Å²) in [6, 6.07) is 18.3. The highest BCUT2D eigenvalue weighted by Crippen LogP contribution is 2.26. The molecule has 2 aromatic heterocycles. The maximum atomic E-state index is 13.9. The lowest BCUT2D eigenvalue weighted by Crippen LogP contribution is -2.48. The zero-order valence-electron chi connectivity index (χ0n) is 17.7. The molecule has 0 saturated carbocycles. The van der Waals surface area contributed by atoms with Crippen molar-refractivity contribution in [2.45, 2.75) is 19.4 Å². The molecule has 0 N–H and O–H groups in total. The molecule has 1 aliphatic heterocycles. The quantitative estimate of drug-likeness (QED) is 0.417. The fourth-order valence-corrected chi connectivity index (χ4v) is 5.05. The molecule has 32 heavy (non-hydrogen) atoms. The standard InChI is InChI=1S/C25H24FN3O2S/c26-20-6-2-1-5-19(20)22-11-9-18(31-22)10-12-25(30)29-15-13-28(14-16-29)17-24-27-21-7-3-4-8-23(21)32-24/h1-9,11H,10,12-17H2. The van der Waals surface area contributed by atoms with E-state index in [1.54, 1.807) is 35.6 Å². The SMILES string of the molecule is O=C(CCc1ccc(-c2ccccc2F)o1)N1CCN(Cc2nc3ccccc3s2)CC1. The van der Waals surface area contributed by atoms with E-state index < -0.39 is 0 Å². The fraction of sp³-hybridized carbons (Fsp3) is 0.280. The fourth-order valence-electron chi connectivity index (χ4n) is 4.04. The van der Waals surface area contributed by atoms with Crippen molar-refractivity contribution in [3.05, 3.63) is 77.2 Å². The molecule has 0 spiro atoms. The van der Waals surface area contributed by atoms with E-state index >= 15 is 0 Å². The van der Waals surface area contributed by atoms with Crippen LogP contribution in [0.4, 0.5) is 4.39 Å². The summed E-state index contributed by atoms with van der Waals surface area (Å²) in [5.41, 5.74) is 1.49. The summed E-state index contributed by atoms with van der Waals surface area (Å²) in [7, 11) is 0. The van der Waals surface area contributed by atoms with Gasteiger partial charge in [-0.1, -0.05) is 24.3 Å². The number of carbonyl (C=O) groups is 1. The molecular formula is C25H24FN3O2S. The summed E-state index contributed by atoms with van der Waals surface area (Å²) in [4.78, 5) is 21.7. The van der Waals surface area contributed by atoms with E-state index in [2.05, 4.69) is 11.0 Å². The molecule has 1 saturated heterocycles. The summed E-state index contributed by atoms with van der Waals surface area (Å²) < 4.78 is 20.9. The Hall–Kier alpha value is -3.03. The number of thiazole rings is 1. The van der Waals surface area contributed by atoms with Gasteiger partial charge < -0.3 is 9.32 Å². The molecule has 0 bridgehead atoms. The zero-order valence-corrected chi connectivity index (χ0v) is 18.5. The van der Waals surface area contributed by atoms with Crippen LogP contribution in [0.1, 0.15) is 17.2 Å². The van der Waals surface area contributed by atoms with Gasteiger partial charge in [0.05, 0.1) is 22.3 Å². The van der Waals surface area contributed by atoms with Crippen LogP contribution in [-0.4, -0.2) is 46.9 Å². The van der Waals surface area contributed by atoms with Crippen molar-refractivity contribution >= 4 is 27.5 Å². The Morgan fingerprint density at radius 2 is 1.78 bits per heavy atom. The van der Waals surface area contributed by atoms with E-state index in [0.717, 1.165) is 43.2 Å². The first-order valence-electron chi connectivity index (χ1n) is 10.8. The predicted molar refractivity (Wildman–Crippen MR) is 124 cm³/mol.